The summed E-state index contributed by atoms with van der Waals surface area (Å²) in [4.78, 5) is 16.0. The van der Waals surface area contributed by atoms with E-state index < -0.39 is 5.41 Å². The van der Waals surface area contributed by atoms with Gasteiger partial charge in [-0.1, -0.05) is 121 Å². The maximum absolute atomic E-state index is 6.63. The minimum atomic E-state index is -0.592. The average Bonchev–Trinajstić information content (AvgIpc) is 3.96. The normalized spacial score (nSPS) is 24.9. The summed E-state index contributed by atoms with van der Waals surface area (Å²) in [7, 11) is 0. The van der Waals surface area contributed by atoms with E-state index in [0.29, 0.717) is 28.3 Å². The van der Waals surface area contributed by atoms with Crippen LogP contribution < -0.4 is 4.74 Å². The minimum absolute atomic E-state index is 0.328. The molecule has 5 nitrogen and oxygen atoms in total. The molecule has 5 heteroatoms. The van der Waals surface area contributed by atoms with Gasteiger partial charge < -0.3 is 9.15 Å². The van der Waals surface area contributed by atoms with Crippen LogP contribution in [0.15, 0.2) is 162 Å². The molecule has 3 bridgehead atoms. The number of hydrogen-bond acceptors (Lipinski definition) is 5. The average molecular weight is 800 g/mol. The van der Waals surface area contributed by atoms with Crippen LogP contribution in [-0.2, 0) is 10.8 Å². The monoisotopic (exact) mass is 799 g/mol. The van der Waals surface area contributed by atoms with Gasteiger partial charge >= 0.3 is 0 Å². The van der Waals surface area contributed by atoms with Crippen LogP contribution in [0.3, 0.4) is 0 Å². The fourth-order valence-corrected chi connectivity index (χ4v) is 14.3. The summed E-state index contributed by atoms with van der Waals surface area (Å²) in [5.41, 5.74) is 13.6. The number of ether oxygens (including phenoxy) is 1. The van der Waals surface area contributed by atoms with Crippen molar-refractivity contribution in [1.82, 2.24) is 15.0 Å². The summed E-state index contributed by atoms with van der Waals surface area (Å²) in [5, 5.41) is 2.18. The molecular weight excluding hydrogens is 759 g/mol. The molecule has 6 aliphatic rings. The zero-order valence-electron chi connectivity index (χ0n) is 34.1. The van der Waals surface area contributed by atoms with Crippen LogP contribution >= 0.6 is 0 Å². The molecule has 3 unspecified atom stereocenters. The van der Waals surface area contributed by atoms with Crippen LogP contribution in [0.2, 0.25) is 0 Å². The first kappa shape index (κ1) is 33.8. The summed E-state index contributed by atoms with van der Waals surface area (Å²) in [6.07, 6.45) is 8.54. The third-order valence-corrected chi connectivity index (χ3v) is 16.6. The van der Waals surface area contributed by atoms with Gasteiger partial charge in [0.05, 0.1) is 5.41 Å². The maximum atomic E-state index is 6.63. The third-order valence-electron chi connectivity index (χ3n) is 16.6. The Morgan fingerprint density at radius 2 is 1.10 bits per heavy atom. The Kier molecular flexibility index (Phi) is 6.40. The zero-order valence-corrected chi connectivity index (χ0v) is 34.1. The van der Waals surface area contributed by atoms with Gasteiger partial charge in [-0.05, 0) is 131 Å². The summed E-state index contributed by atoms with van der Waals surface area (Å²) >= 11 is 0. The Labute approximate surface area is 359 Å². The Balaban J connectivity index is 0.915. The first-order chi connectivity index (χ1) is 30.6. The number of furan rings is 1. The molecule has 0 N–H and O–H groups in total. The quantitative estimate of drug-likeness (QED) is 0.177. The lowest BCUT2D eigenvalue weighted by Gasteiger charge is -2.49. The largest absolute Gasteiger partial charge is 0.457 e. The molecule has 4 fully saturated rings. The SMILES string of the molecule is c1ccc2c(c1)Oc1ccccc1C21c2ccccc2-c2ccc(-c3nc(-c4ccc(C56CC7C[C@@H]8C[C@@H](C5)CC78C6)cc4)nc(-c4ccc5c(c4)oc4ccccc45)n3)cc21. The van der Waals surface area contributed by atoms with Gasteiger partial charge in [0.15, 0.2) is 17.5 Å². The topological polar surface area (TPSA) is 61.0 Å². The lowest BCUT2D eigenvalue weighted by Crippen LogP contribution is -2.42. The van der Waals surface area contributed by atoms with E-state index >= 15 is 0 Å². The van der Waals surface area contributed by atoms with E-state index in [4.69, 9.17) is 24.1 Å². The number of para-hydroxylation sites is 3. The van der Waals surface area contributed by atoms with Crippen molar-refractivity contribution in [2.24, 2.45) is 23.2 Å². The molecule has 296 valence electrons. The number of benzene rings is 7. The van der Waals surface area contributed by atoms with E-state index in [1.807, 2.05) is 12.1 Å². The van der Waals surface area contributed by atoms with Crippen LogP contribution in [0.5, 0.6) is 11.5 Å². The molecule has 7 aromatic carbocycles. The van der Waals surface area contributed by atoms with Crippen LogP contribution in [0.25, 0.3) is 67.2 Å². The van der Waals surface area contributed by atoms with Gasteiger partial charge in [-0.15, -0.1) is 0 Å². The number of nitrogens with zero attached hydrogens (tertiary/aromatic N) is 3. The predicted molar refractivity (Wildman–Crippen MR) is 243 cm³/mol. The standard InChI is InChI=1S/C57H41N3O2/c1-3-11-44-40(9-1)41-23-19-35(26-47(41)57(44)45-12-4-7-15-49(45)62-50-16-8-5-13-46(50)57)53-58-52(59-54(60-53)36-20-24-43-42-10-2-6-14-48(42)61-51(43)27-36)34-17-21-37(22-18-34)55-29-33-25-38-28-39(31-55)56(38,30-33)32-55/h1-24,26-27,33,38-39H,25,28-32H2/t33-,38-,39?,55?,56?/m0/s1. The fourth-order valence-electron chi connectivity index (χ4n) is 14.3. The number of aromatic nitrogens is 3. The Morgan fingerprint density at radius 1 is 0.468 bits per heavy atom. The number of hydrogen-bond donors (Lipinski definition) is 0. The second kappa shape index (κ2) is 11.7. The molecule has 4 saturated carbocycles. The van der Waals surface area contributed by atoms with E-state index in [2.05, 4.69) is 146 Å². The molecule has 5 atom stereocenters. The van der Waals surface area contributed by atoms with Crippen molar-refractivity contribution in [3.63, 3.8) is 0 Å². The van der Waals surface area contributed by atoms with Gasteiger partial charge in [-0.25, -0.2) is 15.0 Å². The van der Waals surface area contributed by atoms with Gasteiger partial charge in [-0.3, -0.25) is 0 Å². The molecular formula is C57H41N3O2. The summed E-state index contributed by atoms with van der Waals surface area (Å²) in [6.45, 7) is 0. The van der Waals surface area contributed by atoms with Crippen molar-refractivity contribution in [3.05, 3.63) is 186 Å². The first-order valence-corrected chi connectivity index (χ1v) is 22.5. The Bertz CT molecular complexity index is 3350. The molecule has 9 aromatic rings. The molecule has 2 aromatic heterocycles. The zero-order chi connectivity index (χ0) is 40.4. The van der Waals surface area contributed by atoms with Gasteiger partial charge in [0.2, 0.25) is 0 Å². The molecule has 1 aliphatic heterocycles. The number of fused-ring (bicyclic) bond motifs is 14. The van der Waals surface area contributed by atoms with Crippen molar-refractivity contribution in [3.8, 4) is 56.8 Å². The highest BCUT2D eigenvalue weighted by atomic mass is 16.5. The van der Waals surface area contributed by atoms with E-state index in [1.165, 1.54) is 66.3 Å². The molecule has 15 rings (SSSR count). The molecule has 0 saturated heterocycles. The lowest BCUT2D eigenvalue weighted by atomic mass is 9.55. The van der Waals surface area contributed by atoms with Crippen molar-refractivity contribution in [1.29, 1.82) is 0 Å². The highest BCUT2D eigenvalue weighted by Crippen LogP contribution is 2.79. The Morgan fingerprint density at radius 3 is 1.90 bits per heavy atom. The summed E-state index contributed by atoms with van der Waals surface area (Å²) in [5.74, 6) is 6.50. The van der Waals surface area contributed by atoms with Crippen molar-refractivity contribution in [2.75, 3.05) is 0 Å². The summed E-state index contributed by atoms with van der Waals surface area (Å²) < 4.78 is 13.0. The molecule has 0 amide bonds. The second-order valence-electron chi connectivity index (χ2n) is 19.4. The van der Waals surface area contributed by atoms with Crippen LogP contribution in [0.1, 0.15) is 66.3 Å². The van der Waals surface area contributed by atoms with E-state index in [1.54, 1.807) is 0 Å². The molecule has 62 heavy (non-hydrogen) atoms. The van der Waals surface area contributed by atoms with Gasteiger partial charge in [-0.2, -0.15) is 0 Å². The summed E-state index contributed by atoms with van der Waals surface area (Å²) in [6, 6.07) is 56.6. The maximum Gasteiger partial charge on any atom is 0.164 e. The lowest BCUT2D eigenvalue weighted by molar-refractivity contribution is -0.000160. The smallest absolute Gasteiger partial charge is 0.164 e. The Hall–Kier alpha value is -6.85. The van der Waals surface area contributed by atoms with Crippen LogP contribution in [0, 0.1) is 23.2 Å². The van der Waals surface area contributed by atoms with Crippen LogP contribution in [-0.4, -0.2) is 15.0 Å². The molecule has 3 heterocycles. The molecule has 5 aliphatic carbocycles. The van der Waals surface area contributed by atoms with Crippen LogP contribution in [0.4, 0.5) is 0 Å². The van der Waals surface area contributed by atoms with Gasteiger partial charge in [0.25, 0.3) is 0 Å². The molecule has 2 spiro atoms. The van der Waals surface area contributed by atoms with Crippen molar-refractivity contribution in [2.45, 2.75) is 49.4 Å². The van der Waals surface area contributed by atoms with Crippen molar-refractivity contribution < 1.29 is 9.15 Å². The van der Waals surface area contributed by atoms with E-state index in [9.17, 15) is 0 Å². The highest BCUT2D eigenvalue weighted by Gasteiger charge is 2.71. The number of rotatable bonds is 4. The van der Waals surface area contributed by atoms with E-state index in [0.717, 1.165) is 79.0 Å². The fraction of sp³-hybridized carbons (Fsp3) is 0.211. The van der Waals surface area contributed by atoms with Crippen molar-refractivity contribution >= 4 is 21.9 Å². The van der Waals surface area contributed by atoms with Gasteiger partial charge in [0, 0.05) is 38.6 Å². The minimum Gasteiger partial charge on any atom is -0.457 e. The van der Waals surface area contributed by atoms with Gasteiger partial charge in [0.1, 0.15) is 22.7 Å². The first-order valence-electron chi connectivity index (χ1n) is 22.5. The highest BCUT2D eigenvalue weighted by molar-refractivity contribution is 6.05. The molecule has 0 radical (unpaired) electrons. The second-order valence-corrected chi connectivity index (χ2v) is 19.4. The third kappa shape index (κ3) is 4.26. The van der Waals surface area contributed by atoms with E-state index in [-0.39, 0.29) is 0 Å². The predicted octanol–water partition coefficient (Wildman–Crippen LogP) is 13.7.